The van der Waals surface area contributed by atoms with Gasteiger partial charge in [0.1, 0.15) is 5.82 Å². The first-order valence-corrected chi connectivity index (χ1v) is 7.61. The Morgan fingerprint density at radius 1 is 1.24 bits per heavy atom. The van der Waals surface area contributed by atoms with Crippen LogP contribution in [0, 0.1) is 19.7 Å². The van der Waals surface area contributed by atoms with Crippen molar-refractivity contribution in [2.75, 3.05) is 5.73 Å². The van der Waals surface area contributed by atoms with Crippen LogP contribution in [0.1, 0.15) is 17.0 Å². The highest BCUT2D eigenvalue weighted by Gasteiger charge is 2.17. The lowest BCUT2D eigenvalue weighted by Crippen LogP contribution is -2.24. The molecule has 21 heavy (non-hydrogen) atoms. The molecule has 0 radical (unpaired) electrons. The van der Waals surface area contributed by atoms with Gasteiger partial charge in [-0.2, -0.15) is 0 Å². The van der Waals surface area contributed by atoms with Crippen LogP contribution in [-0.2, 0) is 16.6 Å². The molecule has 2 rings (SSSR count). The molecule has 0 bridgehead atoms. The average molecular weight is 310 g/mol. The van der Waals surface area contributed by atoms with Crippen LogP contribution in [0.3, 0.4) is 0 Å². The SMILES string of the molecule is Cc1cnc(CNS(=O)(=O)c2cc(C)c(F)c(N)c2)cn1. The van der Waals surface area contributed by atoms with Gasteiger partial charge in [0, 0.05) is 6.20 Å². The summed E-state index contributed by atoms with van der Waals surface area (Å²) in [6.45, 7) is 3.23. The van der Waals surface area contributed by atoms with Gasteiger partial charge in [-0.25, -0.2) is 17.5 Å². The zero-order valence-corrected chi connectivity index (χ0v) is 12.4. The van der Waals surface area contributed by atoms with E-state index in [4.69, 9.17) is 5.73 Å². The lowest BCUT2D eigenvalue weighted by Gasteiger charge is -2.09. The molecule has 2 aromatic rings. The van der Waals surface area contributed by atoms with Crippen LogP contribution >= 0.6 is 0 Å². The van der Waals surface area contributed by atoms with Crippen molar-refractivity contribution in [3.8, 4) is 0 Å². The third kappa shape index (κ3) is 3.53. The third-order valence-corrected chi connectivity index (χ3v) is 4.22. The van der Waals surface area contributed by atoms with E-state index in [1.54, 1.807) is 13.1 Å². The van der Waals surface area contributed by atoms with Crippen molar-refractivity contribution in [2.45, 2.75) is 25.3 Å². The molecule has 1 aromatic heterocycles. The highest BCUT2D eigenvalue weighted by atomic mass is 32.2. The standard InChI is InChI=1S/C13H15FN4O2S/c1-8-3-11(4-12(15)13(8)14)21(19,20)18-7-10-6-16-9(2)5-17-10/h3-6,18H,7,15H2,1-2H3. The first kappa shape index (κ1) is 15.3. The Bertz CT molecular complexity index is 737. The van der Waals surface area contributed by atoms with Crippen molar-refractivity contribution in [1.29, 1.82) is 0 Å². The molecule has 0 aliphatic heterocycles. The van der Waals surface area contributed by atoms with E-state index in [1.165, 1.54) is 19.2 Å². The van der Waals surface area contributed by atoms with E-state index in [2.05, 4.69) is 14.7 Å². The van der Waals surface area contributed by atoms with Gasteiger partial charge in [0.05, 0.1) is 34.7 Å². The third-order valence-electron chi connectivity index (χ3n) is 2.84. The fraction of sp³-hybridized carbons (Fsp3) is 0.231. The summed E-state index contributed by atoms with van der Waals surface area (Å²) in [5, 5.41) is 0. The predicted molar refractivity (Wildman–Crippen MR) is 76.3 cm³/mol. The number of nitrogens with two attached hydrogens (primary N) is 1. The summed E-state index contributed by atoms with van der Waals surface area (Å²) in [5.74, 6) is -0.613. The van der Waals surface area contributed by atoms with Gasteiger partial charge in [0.25, 0.3) is 0 Å². The van der Waals surface area contributed by atoms with Crippen LogP contribution in [0.15, 0.2) is 29.4 Å². The Hall–Kier alpha value is -2.06. The molecule has 3 N–H and O–H groups in total. The number of sulfonamides is 1. The number of halogens is 1. The Labute approximate surface area is 122 Å². The van der Waals surface area contributed by atoms with Gasteiger partial charge in [-0.1, -0.05) is 0 Å². The molecule has 0 saturated heterocycles. The van der Waals surface area contributed by atoms with Crippen LogP contribution < -0.4 is 10.5 Å². The highest BCUT2D eigenvalue weighted by Crippen LogP contribution is 2.20. The van der Waals surface area contributed by atoms with E-state index in [0.29, 0.717) is 5.69 Å². The molecular weight excluding hydrogens is 295 g/mol. The Balaban J connectivity index is 2.20. The maximum absolute atomic E-state index is 13.4. The Morgan fingerprint density at radius 3 is 2.52 bits per heavy atom. The number of rotatable bonds is 4. The fourth-order valence-corrected chi connectivity index (χ4v) is 2.80. The minimum Gasteiger partial charge on any atom is -0.396 e. The minimum absolute atomic E-state index is 0.00799. The van der Waals surface area contributed by atoms with E-state index < -0.39 is 15.8 Å². The molecule has 0 unspecified atom stereocenters. The van der Waals surface area contributed by atoms with Gasteiger partial charge in [0.15, 0.2) is 0 Å². The largest absolute Gasteiger partial charge is 0.396 e. The molecule has 6 nitrogen and oxygen atoms in total. The van der Waals surface area contributed by atoms with E-state index in [0.717, 1.165) is 11.8 Å². The first-order chi connectivity index (χ1) is 9.79. The summed E-state index contributed by atoms with van der Waals surface area (Å²) >= 11 is 0. The van der Waals surface area contributed by atoms with Gasteiger partial charge < -0.3 is 5.73 Å². The molecule has 0 amide bonds. The van der Waals surface area contributed by atoms with Crippen molar-refractivity contribution in [3.05, 3.63) is 47.3 Å². The lowest BCUT2D eigenvalue weighted by atomic mass is 10.2. The number of hydrogen-bond acceptors (Lipinski definition) is 5. The summed E-state index contributed by atoms with van der Waals surface area (Å²) in [5.41, 5.74) is 6.64. The highest BCUT2D eigenvalue weighted by molar-refractivity contribution is 7.89. The van der Waals surface area contributed by atoms with Crippen LogP contribution in [0.2, 0.25) is 0 Å². The fourth-order valence-electron chi connectivity index (χ4n) is 1.68. The number of aromatic nitrogens is 2. The molecule has 0 fully saturated rings. The van der Waals surface area contributed by atoms with Gasteiger partial charge in [-0.05, 0) is 31.5 Å². The summed E-state index contributed by atoms with van der Waals surface area (Å²) in [6.07, 6.45) is 3.03. The van der Waals surface area contributed by atoms with Crippen molar-refractivity contribution >= 4 is 15.7 Å². The zero-order chi connectivity index (χ0) is 15.6. The average Bonchev–Trinajstić information content (AvgIpc) is 2.43. The van der Waals surface area contributed by atoms with Crippen molar-refractivity contribution in [2.24, 2.45) is 0 Å². The van der Waals surface area contributed by atoms with Crippen LogP contribution in [0.4, 0.5) is 10.1 Å². The minimum atomic E-state index is -3.79. The summed E-state index contributed by atoms with van der Waals surface area (Å²) in [7, 11) is -3.79. The topological polar surface area (TPSA) is 98.0 Å². The van der Waals surface area contributed by atoms with Gasteiger partial charge in [-0.15, -0.1) is 0 Å². The number of aryl methyl sites for hydroxylation is 2. The molecule has 112 valence electrons. The normalized spacial score (nSPS) is 11.6. The second-order valence-electron chi connectivity index (χ2n) is 4.62. The molecule has 0 spiro atoms. The van der Waals surface area contributed by atoms with Gasteiger partial charge >= 0.3 is 0 Å². The second kappa shape index (κ2) is 5.74. The zero-order valence-electron chi connectivity index (χ0n) is 11.6. The summed E-state index contributed by atoms with van der Waals surface area (Å²) in [4.78, 5) is 7.99. The van der Waals surface area contributed by atoms with Crippen molar-refractivity contribution < 1.29 is 12.8 Å². The van der Waals surface area contributed by atoms with E-state index in [-0.39, 0.29) is 22.7 Å². The molecular formula is C13H15FN4O2S. The molecule has 1 aromatic carbocycles. The van der Waals surface area contributed by atoms with Crippen LogP contribution in [0.5, 0.6) is 0 Å². The molecule has 8 heteroatoms. The number of anilines is 1. The summed E-state index contributed by atoms with van der Waals surface area (Å²) < 4.78 is 40.1. The number of nitrogens with one attached hydrogen (secondary N) is 1. The Morgan fingerprint density at radius 2 is 1.95 bits per heavy atom. The number of nitrogens with zero attached hydrogens (tertiary/aromatic N) is 2. The lowest BCUT2D eigenvalue weighted by molar-refractivity contribution is 0.579. The maximum atomic E-state index is 13.4. The molecule has 0 aliphatic rings. The van der Waals surface area contributed by atoms with E-state index in [1.807, 2.05) is 0 Å². The second-order valence-corrected chi connectivity index (χ2v) is 6.38. The molecule has 1 heterocycles. The molecule has 0 aliphatic carbocycles. The monoisotopic (exact) mass is 310 g/mol. The number of benzene rings is 1. The maximum Gasteiger partial charge on any atom is 0.241 e. The van der Waals surface area contributed by atoms with Crippen molar-refractivity contribution in [1.82, 2.24) is 14.7 Å². The summed E-state index contributed by atoms with van der Waals surface area (Å²) in [6, 6.07) is 2.32. The smallest absolute Gasteiger partial charge is 0.241 e. The Kier molecular flexibility index (Phi) is 4.19. The van der Waals surface area contributed by atoms with E-state index >= 15 is 0 Å². The van der Waals surface area contributed by atoms with Crippen LogP contribution in [-0.4, -0.2) is 18.4 Å². The van der Waals surface area contributed by atoms with Gasteiger partial charge in [0.2, 0.25) is 10.0 Å². The number of hydrogen-bond donors (Lipinski definition) is 2. The van der Waals surface area contributed by atoms with Gasteiger partial charge in [-0.3, -0.25) is 9.97 Å². The molecule has 0 atom stereocenters. The quantitative estimate of drug-likeness (QED) is 0.829. The number of nitrogen functional groups attached to an aromatic ring is 1. The van der Waals surface area contributed by atoms with Crippen LogP contribution in [0.25, 0.3) is 0 Å². The predicted octanol–water partition coefficient (Wildman–Crippen LogP) is 1.29. The first-order valence-electron chi connectivity index (χ1n) is 6.12. The van der Waals surface area contributed by atoms with Crippen molar-refractivity contribution in [3.63, 3.8) is 0 Å². The molecule has 0 saturated carbocycles. The van der Waals surface area contributed by atoms with E-state index in [9.17, 15) is 12.8 Å².